The predicted octanol–water partition coefficient (Wildman–Crippen LogP) is 1.77. The van der Waals surface area contributed by atoms with Gasteiger partial charge in [-0.1, -0.05) is 30.3 Å². The van der Waals surface area contributed by atoms with E-state index >= 15 is 0 Å². The topological polar surface area (TPSA) is 84.4 Å². The summed E-state index contributed by atoms with van der Waals surface area (Å²) >= 11 is 1.59. The van der Waals surface area contributed by atoms with Crippen molar-refractivity contribution in [1.82, 2.24) is 9.97 Å². The number of thioether (sulfide) groups is 1. The van der Waals surface area contributed by atoms with E-state index in [0.717, 1.165) is 24.3 Å². The highest BCUT2D eigenvalue weighted by atomic mass is 32.2. The van der Waals surface area contributed by atoms with Crippen LogP contribution in [-0.4, -0.2) is 26.8 Å². The Morgan fingerprint density at radius 3 is 2.94 bits per heavy atom. The van der Waals surface area contributed by atoms with E-state index in [0.29, 0.717) is 10.9 Å². The van der Waals surface area contributed by atoms with Crippen molar-refractivity contribution < 1.29 is 5.21 Å². The van der Waals surface area contributed by atoms with Gasteiger partial charge < -0.3 is 10.9 Å². The Morgan fingerprint density at radius 2 is 2.31 bits per heavy atom. The molecule has 0 aromatic carbocycles. The number of aryl methyl sites for hydroxylation is 1. The van der Waals surface area contributed by atoms with Crippen LogP contribution in [0.15, 0.2) is 16.4 Å². The van der Waals surface area contributed by atoms with E-state index in [1.807, 2.05) is 6.92 Å². The number of amidine groups is 1. The fourth-order valence-electron chi connectivity index (χ4n) is 1.10. The predicted molar refractivity (Wildman–Crippen MR) is 64.9 cm³/mol. The van der Waals surface area contributed by atoms with E-state index in [4.69, 9.17) is 10.9 Å². The minimum Gasteiger partial charge on any atom is -0.409 e. The maximum absolute atomic E-state index is 8.58. The second-order valence-electron chi connectivity index (χ2n) is 3.36. The number of nitrogens with zero attached hydrogens (tertiary/aromatic N) is 3. The molecule has 0 atom stereocenters. The third kappa shape index (κ3) is 3.69. The van der Waals surface area contributed by atoms with Crippen molar-refractivity contribution in [2.45, 2.75) is 31.8 Å². The zero-order chi connectivity index (χ0) is 12.0. The summed E-state index contributed by atoms with van der Waals surface area (Å²) < 4.78 is 0. The fourth-order valence-corrected chi connectivity index (χ4v) is 2.08. The number of unbranched alkanes of at least 4 members (excludes halogenated alkanes) is 1. The lowest BCUT2D eigenvalue weighted by molar-refractivity contribution is 0.318. The molecule has 0 spiro atoms. The van der Waals surface area contributed by atoms with Crippen LogP contribution in [-0.2, 0) is 0 Å². The Labute approximate surface area is 99.2 Å². The molecule has 3 N–H and O–H groups in total. The molecule has 0 bridgehead atoms. The Kier molecular flexibility index (Phi) is 5.04. The zero-order valence-corrected chi connectivity index (χ0v) is 10.3. The van der Waals surface area contributed by atoms with Crippen LogP contribution in [0.25, 0.3) is 0 Å². The standard InChI is InChI=1S/C10H16N4OS/c1-3-4-5-16-10-12-7(2)6-8(13-10)9(11)14-15/h6,15H,3-5H2,1-2H3,(H2,11,14). The molecule has 0 fully saturated rings. The van der Waals surface area contributed by atoms with Gasteiger partial charge in [0.2, 0.25) is 0 Å². The quantitative estimate of drug-likeness (QED) is 0.156. The van der Waals surface area contributed by atoms with E-state index in [-0.39, 0.29) is 5.84 Å². The fraction of sp³-hybridized carbons (Fsp3) is 0.500. The second kappa shape index (κ2) is 6.32. The van der Waals surface area contributed by atoms with Crippen LogP contribution in [0.1, 0.15) is 31.2 Å². The van der Waals surface area contributed by atoms with Gasteiger partial charge >= 0.3 is 0 Å². The lowest BCUT2D eigenvalue weighted by atomic mass is 10.3. The summed E-state index contributed by atoms with van der Waals surface area (Å²) in [5.74, 6) is 0.998. The van der Waals surface area contributed by atoms with Crippen LogP contribution in [0.4, 0.5) is 0 Å². The Bertz CT molecular complexity index is 381. The Balaban J connectivity index is 2.82. The molecule has 6 heteroatoms. The Morgan fingerprint density at radius 1 is 1.56 bits per heavy atom. The van der Waals surface area contributed by atoms with E-state index < -0.39 is 0 Å². The average Bonchev–Trinajstić information content (AvgIpc) is 2.27. The van der Waals surface area contributed by atoms with Gasteiger partial charge in [-0.2, -0.15) is 0 Å². The number of hydrogen-bond acceptors (Lipinski definition) is 5. The van der Waals surface area contributed by atoms with Gasteiger partial charge in [0.05, 0.1) is 0 Å². The molecule has 0 radical (unpaired) electrons. The van der Waals surface area contributed by atoms with Crippen molar-refractivity contribution in [2.75, 3.05) is 5.75 Å². The van der Waals surface area contributed by atoms with E-state index in [1.54, 1.807) is 17.8 Å². The summed E-state index contributed by atoms with van der Waals surface area (Å²) in [7, 11) is 0. The van der Waals surface area contributed by atoms with Gasteiger partial charge in [0.25, 0.3) is 0 Å². The number of oxime groups is 1. The number of aromatic nitrogens is 2. The van der Waals surface area contributed by atoms with Gasteiger partial charge in [0.1, 0.15) is 5.69 Å². The maximum atomic E-state index is 8.58. The molecule has 5 nitrogen and oxygen atoms in total. The summed E-state index contributed by atoms with van der Waals surface area (Å²) in [5, 5.41) is 12.2. The highest BCUT2D eigenvalue weighted by Gasteiger charge is 2.06. The molecule has 1 rings (SSSR count). The number of hydrogen-bond donors (Lipinski definition) is 2. The van der Waals surface area contributed by atoms with Gasteiger partial charge in [-0.25, -0.2) is 9.97 Å². The number of rotatable bonds is 5. The first-order chi connectivity index (χ1) is 7.67. The highest BCUT2D eigenvalue weighted by molar-refractivity contribution is 7.99. The van der Waals surface area contributed by atoms with Crippen molar-refractivity contribution in [3.05, 3.63) is 17.5 Å². The van der Waals surface area contributed by atoms with Gasteiger partial charge in [-0.15, -0.1) is 0 Å². The smallest absolute Gasteiger partial charge is 0.188 e. The minimum absolute atomic E-state index is 0.0165. The first-order valence-corrected chi connectivity index (χ1v) is 6.12. The lowest BCUT2D eigenvalue weighted by Gasteiger charge is -2.03. The molecule has 1 heterocycles. The molecule has 1 aromatic rings. The molecule has 0 aliphatic carbocycles. The maximum Gasteiger partial charge on any atom is 0.188 e. The summed E-state index contributed by atoms with van der Waals surface area (Å²) in [4.78, 5) is 8.49. The van der Waals surface area contributed by atoms with Crippen molar-refractivity contribution >= 4 is 17.6 Å². The monoisotopic (exact) mass is 240 g/mol. The molecule has 88 valence electrons. The summed E-state index contributed by atoms with van der Waals surface area (Å²) in [5.41, 5.74) is 6.77. The largest absolute Gasteiger partial charge is 0.409 e. The second-order valence-corrected chi connectivity index (χ2v) is 4.43. The molecule has 0 aliphatic heterocycles. The Hall–Kier alpha value is -1.30. The number of nitrogens with two attached hydrogens (primary N) is 1. The minimum atomic E-state index is 0.0165. The summed E-state index contributed by atoms with van der Waals surface area (Å²) in [6, 6.07) is 1.69. The molecule has 0 aliphatic rings. The molecule has 0 unspecified atom stereocenters. The molecular formula is C10H16N4OS. The third-order valence-electron chi connectivity index (χ3n) is 1.93. The van der Waals surface area contributed by atoms with E-state index in [1.165, 1.54) is 0 Å². The van der Waals surface area contributed by atoms with Crippen LogP contribution in [0.5, 0.6) is 0 Å². The first kappa shape index (κ1) is 12.8. The third-order valence-corrected chi connectivity index (χ3v) is 2.87. The van der Waals surface area contributed by atoms with Gasteiger partial charge in [-0.3, -0.25) is 0 Å². The molecule has 0 saturated carbocycles. The van der Waals surface area contributed by atoms with Crippen molar-refractivity contribution in [3.63, 3.8) is 0 Å². The molecule has 0 amide bonds. The molecule has 1 aromatic heterocycles. The molecular weight excluding hydrogens is 224 g/mol. The van der Waals surface area contributed by atoms with Crippen LogP contribution < -0.4 is 5.73 Å². The summed E-state index contributed by atoms with van der Waals surface area (Å²) in [6.07, 6.45) is 2.27. The van der Waals surface area contributed by atoms with Gasteiger partial charge in [-0.05, 0) is 19.4 Å². The van der Waals surface area contributed by atoms with E-state index in [2.05, 4.69) is 22.0 Å². The van der Waals surface area contributed by atoms with Crippen molar-refractivity contribution in [1.29, 1.82) is 0 Å². The first-order valence-electron chi connectivity index (χ1n) is 5.13. The molecule has 16 heavy (non-hydrogen) atoms. The lowest BCUT2D eigenvalue weighted by Crippen LogP contribution is -2.16. The van der Waals surface area contributed by atoms with Crippen molar-refractivity contribution in [2.24, 2.45) is 10.9 Å². The molecule has 0 saturated heterocycles. The van der Waals surface area contributed by atoms with Crippen LogP contribution in [0, 0.1) is 6.92 Å². The van der Waals surface area contributed by atoms with Crippen LogP contribution in [0.2, 0.25) is 0 Å². The van der Waals surface area contributed by atoms with Crippen LogP contribution >= 0.6 is 11.8 Å². The summed E-state index contributed by atoms with van der Waals surface area (Å²) in [6.45, 7) is 4.00. The van der Waals surface area contributed by atoms with E-state index in [9.17, 15) is 0 Å². The highest BCUT2D eigenvalue weighted by Crippen LogP contribution is 2.15. The SMILES string of the molecule is CCCCSc1nc(C)cc(/C(N)=N/O)n1. The zero-order valence-electron chi connectivity index (χ0n) is 9.47. The van der Waals surface area contributed by atoms with Crippen molar-refractivity contribution in [3.8, 4) is 0 Å². The normalized spacial score (nSPS) is 11.8. The van der Waals surface area contributed by atoms with Crippen LogP contribution in [0.3, 0.4) is 0 Å². The van der Waals surface area contributed by atoms with Gasteiger partial charge in [0, 0.05) is 11.4 Å². The van der Waals surface area contributed by atoms with Gasteiger partial charge in [0.15, 0.2) is 11.0 Å². The average molecular weight is 240 g/mol.